The summed E-state index contributed by atoms with van der Waals surface area (Å²) in [6.07, 6.45) is 8.31. The van der Waals surface area contributed by atoms with E-state index in [1.165, 1.54) is 6.20 Å². The Labute approximate surface area is 146 Å². The lowest BCUT2D eigenvalue weighted by molar-refractivity contribution is 0.0557. The Kier molecular flexibility index (Phi) is 5.53. The fourth-order valence-electron chi connectivity index (χ4n) is 3.25. The molecule has 2 aromatic heterocycles. The van der Waals surface area contributed by atoms with Gasteiger partial charge in [-0.05, 0) is 31.0 Å². The van der Waals surface area contributed by atoms with E-state index in [2.05, 4.69) is 4.98 Å². The van der Waals surface area contributed by atoms with E-state index in [-0.39, 0.29) is 11.9 Å². The normalized spacial score (nSPS) is 19.8. The molecule has 1 aliphatic rings. The fourth-order valence-corrected chi connectivity index (χ4v) is 3.45. The van der Waals surface area contributed by atoms with Crippen molar-refractivity contribution in [2.24, 2.45) is 0 Å². The molecular formula is C18H21ClN2O3. The molecule has 3 rings (SSSR count). The third-order valence-corrected chi connectivity index (χ3v) is 4.81. The van der Waals surface area contributed by atoms with Crippen molar-refractivity contribution in [2.75, 3.05) is 6.54 Å². The standard InChI is InChI=1S/C18H21ClN2O3/c19-15-12-20-8-7-14(15)18(23)21-9-3-1-2-5-13(21)11-16(22)17-6-4-10-24-17/h4,6-8,10,12-13,16,22H,1-3,5,9,11H2/t13-,16-/m0/s1. The summed E-state index contributed by atoms with van der Waals surface area (Å²) in [6, 6.07) is 5.12. The molecule has 0 spiro atoms. The van der Waals surface area contributed by atoms with Gasteiger partial charge in [-0.2, -0.15) is 0 Å². The molecule has 2 atom stereocenters. The highest BCUT2D eigenvalue weighted by Crippen LogP contribution is 2.28. The van der Waals surface area contributed by atoms with Gasteiger partial charge in [0, 0.05) is 31.4 Å². The Morgan fingerprint density at radius 3 is 3.04 bits per heavy atom. The van der Waals surface area contributed by atoms with Gasteiger partial charge in [0.2, 0.25) is 0 Å². The number of pyridine rings is 1. The summed E-state index contributed by atoms with van der Waals surface area (Å²) in [5, 5.41) is 10.8. The van der Waals surface area contributed by atoms with Crippen LogP contribution in [0.1, 0.15) is 54.3 Å². The lowest BCUT2D eigenvalue weighted by Gasteiger charge is -2.31. The van der Waals surface area contributed by atoms with Gasteiger partial charge in [-0.25, -0.2) is 0 Å². The number of carbonyl (C=O) groups excluding carboxylic acids is 1. The summed E-state index contributed by atoms with van der Waals surface area (Å²) in [4.78, 5) is 18.7. The molecule has 0 aliphatic carbocycles. The van der Waals surface area contributed by atoms with E-state index in [0.29, 0.717) is 29.3 Å². The molecule has 24 heavy (non-hydrogen) atoms. The number of rotatable bonds is 4. The van der Waals surface area contributed by atoms with Crippen LogP contribution >= 0.6 is 11.6 Å². The number of carbonyl (C=O) groups is 1. The van der Waals surface area contributed by atoms with Crippen molar-refractivity contribution < 1.29 is 14.3 Å². The largest absolute Gasteiger partial charge is 0.467 e. The molecule has 3 heterocycles. The second-order valence-electron chi connectivity index (χ2n) is 6.12. The van der Waals surface area contributed by atoms with Crippen molar-refractivity contribution >= 4 is 17.5 Å². The predicted octanol–water partition coefficient (Wildman–Crippen LogP) is 3.84. The van der Waals surface area contributed by atoms with Gasteiger partial charge in [-0.1, -0.05) is 24.4 Å². The zero-order chi connectivity index (χ0) is 16.9. The molecule has 0 saturated carbocycles. The highest BCUT2D eigenvalue weighted by atomic mass is 35.5. The number of hydrogen-bond acceptors (Lipinski definition) is 4. The Hall–Kier alpha value is -1.85. The first-order valence-corrected chi connectivity index (χ1v) is 8.66. The van der Waals surface area contributed by atoms with Crippen LogP contribution in [0.4, 0.5) is 0 Å². The number of hydrogen-bond donors (Lipinski definition) is 1. The lowest BCUT2D eigenvalue weighted by atomic mass is 10.0. The first-order valence-electron chi connectivity index (χ1n) is 8.29. The predicted molar refractivity (Wildman–Crippen MR) is 90.8 cm³/mol. The van der Waals surface area contributed by atoms with E-state index in [1.807, 2.05) is 4.90 Å². The quantitative estimate of drug-likeness (QED) is 0.911. The van der Waals surface area contributed by atoms with Crippen molar-refractivity contribution in [3.05, 3.63) is 53.2 Å². The van der Waals surface area contributed by atoms with Crippen molar-refractivity contribution in [2.45, 2.75) is 44.2 Å². The van der Waals surface area contributed by atoms with Crippen LogP contribution in [-0.2, 0) is 0 Å². The number of likely N-dealkylation sites (tertiary alicyclic amines) is 1. The average molecular weight is 349 g/mol. The highest BCUT2D eigenvalue weighted by molar-refractivity contribution is 6.33. The molecule has 5 nitrogen and oxygen atoms in total. The fraction of sp³-hybridized carbons (Fsp3) is 0.444. The van der Waals surface area contributed by atoms with E-state index in [4.69, 9.17) is 16.0 Å². The zero-order valence-electron chi connectivity index (χ0n) is 13.4. The summed E-state index contributed by atoms with van der Waals surface area (Å²) in [7, 11) is 0. The van der Waals surface area contributed by atoms with Crippen molar-refractivity contribution in [1.82, 2.24) is 9.88 Å². The van der Waals surface area contributed by atoms with Crippen LogP contribution < -0.4 is 0 Å². The van der Waals surface area contributed by atoms with Gasteiger partial charge in [-0.15, -0.1) is 0 Å². The molecule has 0 bridgehead atoms. The molecule has 1 aliphatic heterocycles. The van der Waals surface area contributed by atoms with Crippen LogP contribution in [-0.4, -0.2) is 33.5 Å². The maximum atomic E-state index is 13.0. The topological polar surface area (TPSA) is 66.6 Å². The van der Waals surface area contributed by atoms with E-state index in [1.54, 1.807) is 30.7 Å². The number of nitrogens with zero attached hydrogens (tertiary/aromatic N) is 2. The van der Waals surface area contributed by atoms with Crippen LogP contribution in [0.3, 0.4) is 0 Å². The third kappa shape index (κ3) is 3.79. The van der Waals surface area contributed by atoms with E-state index >= 15 is 0 Å². The van der Waals surface area contributed by atoms with Crippen LogP contribution in [0.25, 0.3) is 0 Å². The summed E-state index contributed by atoms with van der Waals surface area (Å²) in [6.45, 7) is 0.674. The number of furan rings is 1. The first-order chi connectivity index (χ1) is 11.7. The molecule has 2 aromatic rings. The molecular weight excluding hydrogens is 328 g/mol. The van der Waals surface area contributed by atoms with Crippen molar-refractivity contribution in [3.8, 4) is 0 Å². The van der Waals surface area contributed by atoms with Crippen LogP contribution in [0.15, 0.2) is 41.3 Å². The van der Waals surface area contributed by atoms with Gasteiger partial charge in [0.05, 0.1) is 16.8 Å². The summed E-state index contributed by atoms with van der Waals surface area (Å²) >= 11 is 6.14. The van der Waals surface area contributed by atoms with Crippen molar-refractivity contribution in [3.63, 3.8) is 0 Å². The van der Waals surface area contributed by atoms with Crippen molar-refractivity contribution in [1.29, 1.82) is 0 Å². The van der Waals surface area contributed by atoms with Crippen LogP contribution in [0.5, 0.6) is 0 Å². The number of aromatic nitrogens is 1. The third-order valence-electron chi connectivity index (χ3n) is 4.51. The maximum Gasteiger partial charge on any atom is 0.255 e. The molecule has 6 heteroatoms. The monoisotopic (exact) mass is 348 g/mol. The average Bonchev–Trinajstić information content (AvgIpc) is 3.03. The minimum Gasteiger partial charge on any atom is -0.467 e. The summed E-state index contributed by atoms with van der Waals surface area (Å²) < 4.78 is 5.28. The van der Waals surface area contributed by atoms with E-state index < -0.39 is 6.10 Å². The first kappa shape index (κ1) is 17.0. The molecule has 0 unspecified atom stereocenters. The molecule has 0 aromatic carbocycles. The second kappa shape index (κ2) is 7.81. The lowest BCUT2D eigenvalue weighted by Crippen LogP contribution is -2.41. The number of amides is 1. The van der Waals surface area contributed by atoms with Gasteiger partial charge in [0.1, 0.15) is 11.9 Å². The second-order valence-corrected chi connectivity index (χ2v) is 6.53. The minimum atomic E-state index is -0.716. The minimum absolute atomic E-state index is 0.0377. The van der Waals surface area contributed by atoms with Gasteiger partial charge >= 0.3 is 0 Å². The Morgan fingerprint density at radius 1 is 1.42 bits per heavy atom. The zero-order valence-corrected chi connectivity index (χ0v) is 14.2. The highest BCUT2D eigenvalue weighted by Gasteiger charge is 2.30. The molecule has 1 fully saturated rings. The van der Waals surface area contributed by atoms with Crippen LogP contribution in [0, 0.1) is 0 Å². The Balaban J connectivity index is 1.80. The maximum absolute atomic E-state index is 13.0. The van der Waals surface area contributed by atoms with Crippen LogP contribution in [0.2, 0.25) is 5.02 Å². The Bertz CT molecular complexity index is 675. The van der Waals surface area contributed by atoms with E-state index in [9.17, 15) is 9.90 Å². The SMILES string of the molecule is O=C(c1ccncc1Cl)N1CCCCC[C@H]1C[C@H](O)c1ccco1. The van der Waals surface area contributed by atoms with Gasteiger partial charge < -0.3 is 14.4 Å². The molecule has 128 valence electrons. The van der Waals surface area contributed by atoms with Gasteiger partial charge in [0.15, 0.2) is 0 Å². The number of aliphatic hydroxyl groups is 1. The Morgan fingerprint density at radius 2 is 2.29 bits per heavy atom. The summed E-state index contributed by atoms with van der Waals surface area (Å²) in [5.41, 5.74) is 0.464. The van der Waals surface area contributed by atoms with Gasteiger partial charge in [-0.3, -0.25) is 9.78 Å². The van der Waals surface area contributed by atoms with E-state index in [0.717, 1.165) is 25.7 Å². The molecule has 1 saturated heterocycles. The molecule has 1 amide bonds. The number of halogens is 1. The number of aliphatic hydroxyl groups excluding tert-OH is 1. The summed E-state index contributed by atoms with van der Waals surface area (Å²) in [5.74, 6) is 0.439. The molecule has 1 N–H and O–H groups in total. The smallest absolute Gasteiger partial charge is 0.255 e. The molecule has 0 radical (unpaired) electrons. The van der Waals surface area contributed by atoms with Gasteiger partial charge in [0.25, 0.3) is 5.91 Å².